The molecule has 0 saturated carbocycles. The van der Waals surface area contributed by atoms with E-state index in [2.05, 4.69) is 9.05 Å². The van der Waals surface area contributed by atoms with Crippen LogP contribution < -0.4 is 0 Å². The van der Waals surface area contributed by atoms with Crippen LogP contribution in [0.5, 0.6) is 0 Å². The summed E-state index contributed by atoms with van der Waals surface area (Å²) in [4.78, 5) is 19.1. The Morgan fingerprint density at radius 2 is 2.08 bits per heavy atom. The summed E-state index contributed by atoms with van der Waals surface area (Å²) in [6.07, 6.45) is 0. The van der Waals surface area contributed by atoms with Gasteiger partial charge in [0, 0.05) is 6.92 Å². The van der Waals surface area contributed by atoms with Crippen molar-refractivity contribution in [2.24, 2.45) is 5.92 Å². The fourth-order valence-electron chi connectivity index (χ4n) is 0.432. The van der Waals surface area contributed by atoms with Gasteiger partial charge in [0.2, 0.25) is 0 Å². The minimum atomic E-state index is -4.15. The molecule has 0 heterocycles. The largest absolute Gasteiger partial charge is 0.529 e. The Hall–Kier alpha value is -0.380. The van der Waals surface area contributed by atoms with E-state index in [1.165, 1.54) is 0 Å². The van der Waals surface area contributed by atoms with E-state index in [4.69, 9.17) is 4.89 Å². The maximum atomic E-state index is 10.8. The zero-order valence-electron chi connectivity index (χ0n) is 7.31. The van der Waals surface area contributed by atoms with Crippen LogP contribution in [0.1, 0.15) is 20.8 Å². The number of phosphoric acid groups is 1. The summed E-state index contributed by atoms with van der Waals surface area (Å²) >= 11 is 0. The van der Waals surface area contributed by atoms with Crippen molar-refractivity contribution in [2.75, 3.05) is 6.61 Å². The third kappa shape index (κ3) is 6.34. The maximum absolute atomic E-state index is 10.8. The van der Waals surface area contributed by atoms with Gasteiger partial charge in [0.15, 0.2) is 0 Å². The van der Waals surface area contributed by atoms with Crippen molar-refractivity contribution in [2.45, 2.75) is 20.8 Å². The molecule has 72 valence electrons. The molecule has 0 saturated heterocycles. The zero-order valence-corrected chi connectivity index (χ0v) is 8.21. The standard InChI is InChI=1S/C6H13O5P/c1-5(2)4-10-12(8,9)11-6(3)7/h5H,4H2,1-3H3,(H,8,9). The monoisotopic (exact) mass is 196 g/mol. The van der Waals surface area contributed by atoms with E-state index in [0.717, 1.165) is 6.92 Å². The van der Waals surface area contributed by atoms with Gasteiger partial charge in [0.25, 0.3) is 0 Å². The van der Waals surface area contributed by atoms with Gasteiger partial charge < -0.3 is 4.52 Å². The number of carbonyl (C=O) groups excluding carboxylic acids is 1. The minimum absolute atomic E-state index is 0.0844. The molecule has 1 atom stereocenters. The highest BCUT2D eigenvalue weighted by Gasteiger charge is 2.24. The summed E-state index contributed by atoms with van der Waals surface area (Å²) in [5.74, 6) is -0.717. The SMILES string of the molecule is CC(=O)OP(=O)(O)OCC(C)C. The van der Waals surface area contributed by atoms with Crippen LogP contribution in [0.15, 0.2) is 0 Å². The van der Waals surface area contributed by atoms with E-state index in [1.807, 2.05) is 13.8 Å². The summed E-state index contributed by atoms with van der Waals surface area (Å²) < 4.78 is 19.3. The molecule has 5 nitrogen and oxygen atoms in total. The Morgan fingerprint density at radius 3 is 2.42 bits per heavy atom. The van der Waals surface area contributed by atoms with Crippen LogP contribution in [0.3, 0.4) is 0 Å². The predicted octanol–water partition coefficient (Wildman–Crippen LogP) is 1.32. The van der Waals surface area contributed by atoms with Crippen molar-refractivity contribution >= 4 is 13.8 Å². The Kier molecular flexibility index (Phi) is 4.45. The van der Waals surface area contributed by atoms with Crippen molar-refractivity contribution in [3.8, 4) is 0 Å². The normalized spacial score (nSPS) is 15.8. The first-order valence-electron chi connectivity index (χ1n) is 3.51. The predicted molar refractivity (Wildman–Crippen MR) is 42.4 cm³/mol. The van der Waals surface area contributed by atoms with Crippen LogP contribution in [-0.2, 0) is 18.4 Å². The molecular weight excluding hydrogens is 183 g/mol. The Bertz CT molecular complexity index is 200. The van der Waals surface area contributed by atoms with Gasteiger partial charge in [0.1, 0.15) is 0 Å². The van der Waals surface area contributed by atoms with Gasteiger partial charge in [-0.05, 0) is 5.92 Å². The number of carbonyl (C=O) groups is 1. The van der Waals surface area contributed by atoms with Crippen molar-refractivity contribution in [3.63, 3.8) is 0 Å². The number of hydrogen-bond donors (Lipinski definition) is 1. The number of phosphoric ester groups is 1. The zero-order chi connectivity index (χ0) is 9.78. The van der Waals surface area contributed by atoms with E-state index >= 15 is 0 Å². The molecule has 0 bridgehead atoms. The lowest BCUT2D eigenvalue weighted by Crippen LogP contribution is -2.04. The molecule has 0 spiro atoms. The quantitative estimate of drug-likeness (QED) is 0.686. The first-order valence-corrected chi connectivity index (χ1v) is 5.00. The molecule has 1 N–H and O–H groups in total. The lowest BCUT2D eigenvalue weighted by atomic mass is 10.2. The van der Waals surface area contributed by atoms with Crippen LogP contribution in [0.4, 0.5) is 0 Å². The van der Waals surface area contributed by atoms with E-state index < -0.39 is 13.8 Å². The van der Waals surface area contributed by atoms with Gasteiger partial charge in [-0.2, -0.15) is 0 Å². The molecule has 0 rings (SSSR count). The molecule has 6 heteroatoms. The van der Waals surface area contributed by atoms with Gasteiger partial charge in [-0.25, -0.2) is 4.57 Å². The fraction of sp³-hybridized carbons (Fsp3) is 0.833. The Labute approximate surface area is 71.3 Å². The van der Waals surface area contributed by atoms with Gasteiger partial charge >= 0.3 is 13.8 Å². The Morgan fingerprint density at radius 1 is 1.58 bits per heavy atom. The molecule has 0 aliphatic heterocycles. The highest BCUT2D eigenvalue weighted by Crippen LogP contribution is 2.43. The number of rotatable bonds is 4. The van der Waals surface area contributed by atoms with Crippen LogP contribution in [0.25, 0.3) is 0 Å². The molecule has 0 aliphatic rings. The summed E-state index contributed by atoms with van der Waals surface area (Å²) in [7, 11) is -4.15. The maximum Gasteiger partial charge on any atom is 0.529 e. The smallest absolute Gasteiger partial charge is 0.371 e. The summed E-state index contributed by atoms with van der Waals surface area (Å²) in [6.45, 7) is 4.75. The fourth-order valence-corrected chi connectivity index (χ4v) is 1.30. The average molecular weight is 196 g/mol. The first-order chi connectivity index (χ1) is 5.33. The van der Waals surface area contributed by atoms with Crippen molar-refractivity contribution in [3.05, 3.63) is 0 Å². The number of hydrogen-bond acceptors (Lipinski definition) is 4. The van der Waals surface area contributed by atoms with Crippen LogP contribution >= 0.6 is 7.82 Å². The van der Waals surface area contributed by atoms with Crippen molar-refractivity contribution < 1.29 is 23.3 Å². The van der Waals surface area contributed by atoms with Gasteiger partial charge in [-0.3, -0.25) is 14.2 Å². The Balaban J connectivity index is 3.88. The van der Waals surface area contributed by atoms with E-state index in [0.29, 0.717) is 0 Å². The lowest BCUT2D eigenvalue weighted by molar-refractivity contribution is -0.133. The highest BCUT2D eigenvalue weighted by molar-refractivity contribution is 7.48. The molecule has 0 aliphatic carbocycles. The third-order valence-electron chi connectivity index (χ3n) is 0.815. The van der Waals surface area contributed by atoms with Gasteiger partial charge in [-0.15, -0.1) is 0 Å². The van der Waals surface area contributed by atoms with E-state index in [9.17, 15) is 9.36 Å². The summed E-state index contributed by atoms with van der Waals surface area (Å²) in [5, 5.41) is 0. The van der Waals surface area contributed by atoms with Crippen LogP contribution in [-0.4, -0.2) is 17.5 Å². The molecule has 0 aromatic heterocycles. The van der Waals surface area contributed by atoms with Gasteiger partial charge in [-0.1, -0.05) is 13.8 Å². The molecule has 0 radical (unpaired) electrons. The average Bonchev–Trinajstić information content (AvgIpc) is 1.81. The summed E-state index contributed by atoms with van der Waals surface area (Å²) in [6, 6.07) is 0. The molecule has 0 fully saturated rings. The summed E-state index contributed by atoms with van der Waals surface area (Å²) in [5.41, 5.74) is 0. The first kappa shape index (κ1) is 11.6. The van der Waals surface area contributed by atoms with Crippen LogP contribution in [0.2, 0.25) is 0 Å². The molecule has 12 heavy (non-hydrogen) atoms. The van der Waals surface area contributed by atoms with Gasteiger partial charge in [0.05, 0.1) is 6.61 Å². The minimum Gasteiger partial charge on any atom is -0.371 e. The second kappa shape index (κ2) is 4.60. The molecule has 0 aromatic carbocycles. The highest BCUT2D eigenvalue weighted by atomic mass is 31.2. The van der Waals surface area contributed by atoms with Crippen molar-refractivity contribution in [1.82, 2.24) is 0 Å². The van der Waals surface area contributed by atoms with Crippen LogP contribution in [0, 0.1) is 5.92 Å². The lowest BCUT2D eigenvalue weighted by Gasteiger charge is -2.11. The molecule has 0 aromatic rings. The molecular formula is C6H13O5P. The van der Waals surface area contributed by atoms with E-state index in [1.54, 1.807) is 0 Å². The molecule has 0 amide bonds. The second-order valence-electron chi connectivity index (χ2n) is 2.74. The second-order valence-corrected chi connectivity index (χ2v) is 4.12. The van der Waals surface area contributed by atoms with Crippen molar-refractivity contribution in [1.29, 1.82) is 0 Å². The molecule has 1 unspecified atom stereocenters. The van der Waals surface area contributed by atoms with E-state index in [-0.39, 0.29) is 12.5 Å². The third-order valence-corrected chi connectivity index (χ3v) is 1.78. The topological polar surface area (TPSA) is 72.8 Å².